The number of rotatable bonds is 6. The normalized spacial score (nSPS) is 14.9. The summed E-state index contributed by atoms with van der Waals surface area (Å²) in [7, 11) is -3.87. The summed E-state index contributed by atoms with van der Waals surface area (Å²) in [6, 6.07) is 12.4. The third-order valence-corrected chi connectivity index (χ3v) is 8.39. The Morgan fingerprint density at radius 3 is 2.67 bits per heavy atom. The quantitative estimate of drug-likeness (QED) is 0.367. The number of aromatic nitrogens is 4. The summed E-state index contributed by atoms with van der Waals surface area (Å²) in [5.74, 6) is 0.648. The number of nitrogens with zero attached hydrogens (tertiary/aromatic N) is 4. The molecule has 170 valence electrons. The highest BCUT2D eigenvalue weighted by atomic mass is 35.5. The van der Waals surface area contributed by atoms with Crippen LogP contribution in [0.25, 0.3) is 21.5 Å². The number of sulfonamides is 1. The van der Waals surface area contributed by atoms with Gasteiger partial charge in [-0.3, -0.25) is 4.72 Å². The second kappa shape index (κ2) is 9.20. The van der Waals surface area contributed by atoms with Gasteiger partial charge in [0.15, 0.2) is 0 Å². The molecule has 8 nitrogen and oxygen atoms in total. The van der Waals surface area contributed by atoms with Gasteiger partial charge in [0.1, 0.15) is 9.90 Å². The Balaban J connectivity index is 1.34. The van der Waals surface area contributed by atoms with E-state index in [1.165, 1.54) is 31.4 Å². The Hall–Kier alpha value is -2.82. The molecule has 2 N–H and O–H groups in total. The van der Waals surface area contributed by atoms with Gasteiger partial charge in [0.05, 0.1) is 10.5 Å². The summed E-state index contributed by atoms with van der Waals surface area (Å²) < 4.78 is 27.7. The zero-order valence-corrected chi connectivity index (χ0v) is 19.9. The molecule has 11 heteroatoms. The molecule has 1 aliphatic rings. The number of hydrogen-bond donors (Lipinski definition) is 2. The highest BCUT2D eigenvalue weighted by molar-refractivity contribution is 7.93. The van der Waals surface area contributed by atoms with Crippen LogP contribution in [0.1, 0.15) is 32.1 Å². The van der Waals surface area contributed by atoms with Gasteiger partial charge in [-0.25, -0.2) is 18.4 Å². The Labute approximate surface area is 200 Å². The zero-order chi connectivity index (χ0) is 22.8. The van der Waals surface area contributed by atoms with E-state index in [1.54, 1.807) is 18.3 Å². The molecule has 0 bridgehead atoms. The molecule has 0 unspecified atom stereocenters. The van der Waals surface area contributed by atoms with E-state index < -0.39 is 10.0 Å². The first-order valence-electron chi connectivity index (χ1n) is 10.6. The van der Waals surface area contributed by atoms with Crippen LogP contribution in [0.3, 0.4) is 0 Å². The number of anilines is 2. The highest BCUT2D eigenvalue weighted by Crippen LogP contribution is 2.31. The largest absolute Gasteiger partial charge is 0.351 e. The minimum atomic E-state index is -3.87. The molecule has 2 aromatic carbocycles. The average Bonchev–Trinajstić information content (AvgIpc) is 3.27. The second-order valence-electron chi connectivity index (χ2n) is 7.89. The van der Waals surface area contributed by atoms with Crippen molar-refractivity contribution >= 4 is 54.9 Å². The molecule has 0 spiro atoms. The molecule has 2 aromatic heterocycles. The molecule has 33 heavy (non-hydrogen) atoms. The maximum absolute atomic E-state index is 12.6. The lowest BCUT2D eigenvalue weighted by Crippen LogP contribution is -2.23. The summed E-state index contributed by atoms with van der Waals surface area (Å²) in [5, 5.41) is 13.3. The van der Waals surface area contributed by atoms with E-state index in [1.807, 2.05) is 18.2 Å². The minimum absolute atomic E-state index is 0.0103. The number of nitrogens with one attached hydrogen (secondary N) is 2. The van der Waals surface area contributed by atoms with Gasteiger partial charge >= 0.3 is 0 Å². The molecule has 2 heterocycles. The Kier molecular flexibility index (Phi) is 6.13. The lowest BCUT2D eigenvalue weighted by Gasteiger charge is -2.22. The molecule has 0 aliphatic heterocycles. The third-order valence-electron chi connectivity index (χ3n) is 5.54. The fraction of sp³-hybridized carbons (Fsp3) is 0.273. The molecule has 0 atom stereocenters. The van der Waals surface area contributed by atoms with Crippen LogP contribution in [0, 0.1) is 0 Å². The van der Waals surface area contributed by atoms with Crippen LogP contribution in [0.2, 0.25) is 5.02 Å². The summed E-state index contributed by atoms with van der Waals surface area (Å²) >= 11 is 7.17. The molecule has 0 amide bonds. The van der Waals surface area contributed by atoms with Crippen molar-refractivity contribution in [2.75, 3.05) is 10.0 Å². The number of hydrogen-bond acceptors (Lipinski definition) is 8. The van der Waals surface area contributed by atoms with E-state index in [2.05, 4.69) is 30.2 Å². The summed E-state index contributed by atoms with van der Waals surface area (Å²) in [5.41, 5.74) is 1.64. The lowest BCUT2D eigenvalue weighted by molar-refractivity contribution is 0.461. The number of benzene rings is 2. The molecular formula is C22H21ClN6O2S2. The van der Waals surface area contributed by atoms with Crippen LogP contribution in [0.5, 0.6) is 0 Å². The molecule has 0 radical (unpaired) electrons. The number of halogens is 1. The van der Waals surface area contributed by atoms with Gasteiger partial charge in [0, 0.05) is 23.2 Å². The van der Waals surface area contributed by atoms with Crippen molar-refractivity contribution in [3.05, 3.63) is 53.7 Å². The van der Waals surface area contributed by atoms with Gasteiger partial charge in [-0.05, 0) is 43.2 Å². The van der Waals surface area contributed by atoms with E-state index in [-0.39, 0.29) is 15.0 Å². The predicted molar refractivity (Wildman–Crippen MR) is 131 cm³/mol. The van der Waals surface area contributed by atoms with E-state index >= 15 is 0 Å². The predicted octanol–water partition coefficient (Wildman–Crippen LogP) is 5.35. The molecule has 5 rings (SSSR count). The molecular weight excluding hydrogens is 480 g/mol. The van der Waals surface area contributed by atoms with Gasteiger partial charge in [0.25, 0.3) is 10.0 Å². The third kappa shape index (κ3) is 4.92. The van der Waals surface area contributed by atoms with Crippen LogP contribution >= 0.6 is 22.9 Å². The fourth-order valence-corrected chi connectivity index (χ4v) is 6.37. The van der Waals surface area contributed by atoms with Gasteiger partial charge in [-0.1, -0.05) is 54.3 Å². The Morgan fingerprint density at radius 2 is 1.85 bits per heavy atom. The molecule has 0 saturated heterocycles. The second-order valence-corrected chi connectivity index (χ2v) is 10.9. The van der Waals surface area contributed by atoms with Crippen LogP contribution in [-0.2, 0) is 10.0 Å². The van der Waals surface area contributed by atoms with Crippen molar-refractivity contribution in [1.29, 1.82) is 0 Å². The van der Waals surface area contributed by atoms with Crippen molar-refractivity contribution in [3.8, 4) is 10.6 Å². The fourth-order valence-electron chi connectivity index (χ4n) is 3.88. The summed E-state index contributed by atoms with van der Waals surface area (Å²) in [6.45, 7) is 0. The molecule has 4 aromatic rings. The summed E-state index contributed by atoms with van der Waals surface area (Å²) in [4.78, 5) is 9.10. The van der Waals surface area contributed by atoms with E-state index in [0.717, 1.165) is 40.6 Å². The van der Waals surface area contributed by atoms with Gasteiger partial charge in [-0.15, -0.1) is 10.2 Å². The standard InChI is InChI=1S/C22H21ClN6O2S2/c23-17-8-4-5-9-19(17)33(30,31)29-22-28-27-20(32-22)14-10-11-18-15(12-14)13-24-21(26-18)25-16-6-2-1-3-7-16/h4-5,8-13,16H,1-3,6-7H2,(H,28,29)(H,24,25,26). The zero-order valence-electron chi connectivity index (χ0n) is 17.5. The minimum Gasteiger partial charge on any atom is -0.351 e. The van der Waals surface area contributed by atoms with E-state index in [4.69, 9.17) is 11.6 Å². The summed E-state index contributed by atoms with van der Waals surface area (Å²) in [6.07, 6.45) is 7.88. The first kappa shape index (κ1) is 22.0. The van der Waals surface area contributed by atoms with Gasteiger partial charge < -0.3 is 5.32 Å². The van der Waals surface area contributed by atoms with Crippen LogP contribution < -0.4 is 10.0 Å². The molecule has 1 saturated carbocycles. The maximum Gasteiger partial charge on any atom is 0.265 e. The molecule has 1 aliphatic carbocycles. The van der Waals surface area contributed by atoms with Crippen molar-refractivity contribution in [2.45, 2.75) is 43.0 Å². The van der Waals surface area contributed by atoms with Crippen LogP contribution in [0.15, 0.2) is 53.6 Å². The van der Waals surface area contributed by atoms with Gasteiger partial charge in [0.2, 0.25) is 11.1 Å². The van der Waals surface area contributed by atoms with Crippen LogP contribution in [-0.4, -0.2) is 34.6 Å². The SMILES string of the molecule is O=S(=O)(Nc1nnc(-c2ccc3nc(NC4CCCCC4)ncc3c2)s1)c1ccccc1Cl. The van der Waals surface area contributed by atoms with Crippen molar-refractivity contribution < 1.29 is 8.42 Å². The van der Waals surface area contributed by atoms with Crippen molar-refractivity contribution in [2.24, 2.45) is 0 Å². The van der Waals surface area contributed by atoms with E-state index in [0.29, 0.717) is 17.0 Å². The van der Waals surface area contributed by atoms with Crippen LogP contribution in [0.4, 0.5) is 11.1 Å². The van der Waals surface area contributed by atoms with Gasteiger partial charge in [-0.2, -0.15) is 0 Å². The smallest absolute Gasteiger partial charge is 0.265 e. The maximum atomic E-state index is 12.6. The average molecular weight is 501 g/mol. The van der Waals surface area contributed by atoms with Crippen molar-refractivity contribution in [1.82, 2.24) is 20.2 Å². The lowest BCUT2D eigenvalue weighted by atomic mass is 9.96. The number of fused-ring (bicyclic) bond motifs is 1. The Bertz CT molecular complexity index is 1400. The first-order valence-corrected chi connectivity index (χ1v) is 13.3. The monoisotopic (exact) mass is 500 g/mol. The molecule has 1 fully saturated rings. The highest BCUT2D eigenvalue weighted by Gasteiger charge is 2.20. The topological polar surface area (TPSA) is 110 Å². The first-order chi connectivity index (χ1) is 16.0. The van der Waals surface area contributed by atoms with E-state index in [9.17, 15) is 8.42 Å². The van der Waals surface area contributed by atoms with Crippen molar-refractivity contribution in [3.63, 3.8) is 0 Å². The Morgan fingerprint density at radius 1 is 1.03 bits per heavy atom.